The van der Waals surface area contributed by atoms with Crippen LogP contribution in [-0.4, -0.2) is 36.0 Å². The lowest BCUT2D eigenvalue weighted by atomic mass is 9.86. The van der Waals surface area contributed by atoms with E-state index in [2.05, 4.69) is 33.0 Å². The normalized spacial score (nSPS) is 25.7. The van der Waals surface area contributed by atoms with Crippen LogP contribution in [0, 0.1) is 5.92 Å². The summed E-state index contributed by atoms with van der Waals surface area (Å²) >= 11 is 0. The number of nitrogens with zero attached hydrogens (tertiary/aromatic N) is 1. The number of amides is 1. The maximum Gasteiger partial charge on any atom is 0.236 e. The molecule has 1 rings (SSSR count). The van der Waals surface area contributed by atoms with E-state index in [9.17, 15) is 4.79 Å². The smallest absolute Gasteiger partial charge is 0.236 e. The van der Waals surface area contributed by atoms with Gasteiger partial charge in [0.05, 0.1) is 6.54 Å². The van der Waals surface area contributed by atoms with Crippen LogP contribution in [-0.2, 0) is 4.79 Å². The third-order valence-electron chi connectivity index (χ3n) is 3.62. The van der Waals surface area contributed by atoms with Crippen LogP contribution in [0.4, 0.5) is 0 Å². The monoisotopic (exact) mass is 240 g/mol. The Balaban J connectivity index is 2.40. The van der Waals surface area contributed by atoms with Gasteiger partial charge in [-0.05, 0) is 39.5 Å². The molecule has 1 saturated carbocycles. The number of rotatable bonds is 3. The number of nitrogens with one attached hydrogen (secondary N) is 1. The van der Waals surface area contributed by atoms with E-state index in [1.165, 1.54) is 19.3 Å². The molecule has 100 valence electrons. The van der Waals surface area contributed by atoms with Crippen molar-refractivity contribution in [1.82, 2.24) is 10.2 Å². The van der Waals surface area contributed by atoms with Gasteiger partial charge < -0.3 is 10.2 Å². The molecule has 0 radical (unpaired) electrons. The maximum absolute atomic E-state index is 12.1. The number of hydrogen-bond acceptors (Lipinski definition) is 2. The predicted molar refractivity (Wildman–Crippen MR) is 71.9 cm³/mol. The van der Waals surface area contributed by atoms with Crippen LogP contribution in [0.15, 0.2) is 0 Å². The molecule has 17 heavy (non-hydrogen) atoms. The first-order chi connectivity index (χ1) is 7.79. The zero-order valence-corrected chi connectivity index (χ0v) is 12.0. The Morgan fingerprint density at radius 1 is 1.35 bits per heavy atom. The molecule has 2 atom stereocenters. The molecule has 1 aliphatic rings. The lowest BCUT2D eigenvalue weighted by Gasteiger charge is -2.35. The summed E-state index contributed by atoms with van der Waals surface area (Å²) in [4.78, 5) is 14.0. The first-order valence-corrected chi connectivity index (χ1v) is 6.80. The van der Waals surface area contributed by atoms with E-state index < -0.39 is 0 Å². The number of carbonyl (C=O) groups excluding carboxylic acids is 1. The van der Waals surface area contributed by atoms with E-state index in [0.717, 1.165) is 12.3 Å². The highest BCUT2D eigenvalue weighted by Gasteiger charge is 2.25. The van der Waals surface area contributed by atoms with Crippen LogP contribution < -0.4 is 5.32 Å². The molecule has 2 unspecified atom stereocenters. The summed E-state index contributed by atoms with van der Waals surface area (Å²) < 4.78 is 0. The van der Waals surface area contributed by atoms with E-state index in [1.54, 1.807) is 0 Å². The van der Waals surface area contributed by atoms with Crippen molar-refractivity contribution in [3.63, 3.8) is 0 Å². The number of carbonyl (C=O) groups is 1. The van der Waals surface area contributed by atoms with Crippen LogP contribution in [0.2, 0.25) is 0 Å². The molecule has 1 amide bonds. The van der Waals surface area contributed by atoms with Gasteiger partial charge in [-0.15, -0.1) is 0 Å². The minimum atomic E-state index is 0.0103. The molecule has 0 aliphatic heterocycles. The molecule has 0 bridgehead atoms. The second kappa shape index (κ2) is 5.85. The predicted octanol–water partition coefficient (Wildman–Crippen LogP) is 2.41. The molecule has 3 heteroatoms. The van der Waals surface area contributed by atoms with Crippen molar-refractivity contribution >= 4 is 5.91 Å². The van der Waals surface area contributed by atoms with E-state index in [1.807, 2.05) is 11.9 Å². The zero-order chi connectivity index (χ0) is 13.1. The third-order valence-corrected chi connectivity index (χ3v) is 3.62. The average molecular weight is 240 g/mol. The molecule has 3 nitrogen and oxygen atoms in total. The van der Waals surface area contributed by atoms with Gasteiger partial charge in [-0.3, -0.25) is 4.79 Å². The molecule has 0 aromatic heterocycles. The summed E-state index contributed by atoms with van der Waals surface area (Å²) in [5, 5.41) is 3.26. The second-order valence-electron chi connectivity index (χ2n) is 6.53. The topological polar surface area (TPSA) is 32.3 Å². The van der Waals surface area contributed by atoms with Crippen molar-refractivity contribution in [3.8, 4) is 0 Å². The fourth-order valence-electron chi connectivity index (χ4n) is 2.42. The standard InChI is InChI=1S/C14H28N2O/c1-11-7-6-8-12(9-11)16(5)13(17)10-15-14(2,3)4/h11-12,15H,6-10H2,1-5H3. The summed E-state index contributed by atoms with van der Waals surface area (Å²) in [6, 6.07) is 0.452. The highest BCUT2D eigenvalue weighted by molar-refractivity contribution is 5.78. The molecule has 0 aromatic rings. The molecule has 0 saturated heterocycles. The van der Waals surface area contributed by atoms with Crippen LogP contribution in [0.3, 0.4) is 0 Å². The first kappa shape index (κ1) is 14.5. The average Bonchev–Trinajstić information content (AvgIpc) is 2.24. The second-order valence-corrected chi connectivity index (χ2v) is 6.53. The van der Waals surface area contributed by atoms with Crippen LogP contribution in [0.25, 0.3) is 0 Å². The van der Waals surface area contributed by atoms with Crippen molar-refractivity contribution in [2.24, 2.45) is 5.92 Å². The van der Waals surface area contributed by atoms with E-state index in [0.29, 0.717) is 12.6 Å². The fraction of sp³-hybridized carbons (Fsp3) is 0.929. The Labute approximate surface area is 106 Å². The van der Waals surface area contributed by atoms with Crippen molar-refractivity contribution in [3.05, 3.63) is 0 Å². The van der Waals surface area contributed by atoms with Gasteiger partial charge in [0.1, 0.15) is 0 Å². The maximum atomic E-state index is 12.1. The Morgan fingerprint density at radius 2 is 2.00 bits per heavy atom. The highest BCUT2D eigenvalue weighted by atomic mass is 16.2. The molecular weight excluding hydrogens is 212 g/mol. The number of likely N-dealkylation sites (N-methyl/N-ethyl adjacent to an activating group) is 1. The molecule has 0 heterocycles. The quantitative estimate of drug-likeness (QED) is 0.821. The molecule has 1 fully saturated rings. The van der Waals surface area contributed by atoms with Gasteiger partial charge in [0.25, 0.3) is 0 Å². The van der Waals surface area contributed by atoms with E-state index in [-0.39, 0.29) is 11.4 Å². The minimum Gasteiger partial charge on any atom is -0.342 e. The van der Waals surface area contributed by atoms with Gasteiger partial charge in [0.15, 0.2) is 0 Å². The van der Waals surface area contributed by atoms with Crippen LogP contribution in [0.5, 0.6) is 0 Å². The van der Waals surface area contributed by atoms with E-state index in [4.69, 9.17) is 0 Å². The zero-order valence-electron chi connectivity index (χ0n) is 12.0. The fourth-order valence-corrected chi connectivity index (χ4v) is 2.42. The first-order valence-electron chi connectivity index (χ1n) is 6.80. The summed E-state index contributed by atoms with van der Waals surface area (Å²) in [6.45, 7) is 9.00. The van der Waals surface area contributed by atoms with E-state index >= 15 is 0 Å². The minimum absolute atomic E-state index is 0.0103. The Kier molecular flexibility index (Phi) is 4.99. The number of hydrogen-bond donors (Lipinski definition) is 1. The molecule has 1 N–H and O–H groups in total. The van der Waals surface area contributed by atoms with Gasteiger partial charge in [-0.2, -0.15) is 0 Å². The molecule has 0 aromatic carbocycles. The van der Waals surface area contributed by atoms with Gasteiger partial charge in [0.2, 0.25) is 5.91 Å². The van der Waals surface area contributed by atoms with Crippen molar-refractivity contribution in [2.45, 2.75) is 65.0 Å². The van der Waals surface area contributed by atoms with Gasteiger partial charge in [-0.25, -0.2) is 0 Å². The van der Waals surface area contributed by atoms with Crippen molar-refractivity contribution < 1.29 is 4.79 Å². The van der Waals surface area contributed by atoms with Crippen molar-refractivity contribution in [2.75, 3.05) is 13.6 Å². The van der Waals surface area contributed by atoms with Crippen molar-refractivity contribution in [1.29, 1.82) is 0 Å². The summed E-state index contributed by atoms with van der Waals surface area (Å²) in [5.74, 6) is 0.985. The summed E-state index contributed by atoms with van der Waals surface area (Å²) in [5.41, 5.74) is 0.0103. The highest BCUT2D eigenvalue weighted by Crippen LogP contribution is 2.26. The lowest BCUT2D eigenvalue weighted by Crippen LogP contribution is -2.47. The van der Waals surface area contributed by atoms with Gasteiger partial charge in [-0.1, -0.05) is 19.8 Å². The molecule has 0 spiro atoms. The Hall–Kier alpha value is -0.570. The Bertz CT molecular complexity index is 257. The largest absolute Gasteiger partial charge is 0.342 e. The lowest BCUT2D eigenvalue weighted by molar-refractivity contribution is -0.132. The SMILES string of the molecule is CC1CCCC(N(C)C(=O)CNC(C)(C)C)C1. The molecule has 1 aliphatic carbocycles. The van der Waals surface area contributed by atoms with Crippen LogP contribution >= 0.6 is 0 Å². The van der Waals surface area contributed by atoms with Gasteiger partial charge >= 0.3 is 0 Å². The molecular formula is C14H28N2O. The third kappa shape index (κ3) is 5.07. The summed E-state index contributed by atoms with van der Waals surface area (Å²) in [6.07, 6.45) is 4.91. The van der Waals surface area contributed by atoms with Gasteiger partial charge in [0, 0.05) is 18.6 Å². The van der Waals surface area contributed by atoms with Crippen LogP contribution in [0.1, 0.15) is 53.4 Å². The summed E-state index contributed by atoms with van der Waals surface area (Å²) in [7, 11) is 1.95. The Morgan fingerprint density at radius 3 is 2.53 bits per heavy atom.